The molecule has 0 amide bonds. The van der Waals surface area contributed by atoms with Gasteiger partial charge in [0, 0.05) is 24.7 Å². The van der Waals surface area contributed by atoms with E-state index in [1.807, 2.05) is 6.07 Å². The number of benzene rings is 1. The number of ether oxygens (including phenoxy) is 1. The lowest BCUT2D eigenvalue weighted by Gasteiger charge is -2.27. The van der Waals surface area contributed by atoms with Crippen molar-refractivity contribution >= 4 is 0 Å². The summed E-state index contributed by atoms with van der Waals surface area (Å²) in [7, 11) is 0. The molecule has 1 aromatic carbocycles. The Bertz CT molecular complexity index is 367. The standard InChI is InChI=1S/C15H24N2O/c1-3-16-9-8-13(2)17-10-11-18-15-7-5-4-6-14(15)12-17/h4-7,13,16H,3,8-12H2,1-2H3. The predicted octanol–water partition coefficient (Wildman–Crippen LogP) is 2.27. The van der Waals surface area contributed by atoms with Gasteiger partial charge in [-0.15, -0.1) is 0 Å². The van der Waals surface area contributed by atoms with Crippen molar-refractivity contribution < 1.29 is 4.74 Å². The fourth-order valence-electron chi connectivity index (χ4n) is 2.39. The molecule has 0 fully saturated rings. The lowest BCUT2D eigenvalue weighted by molar-refractivity contribution is 0.171. The molecule has 0 saturated heterocycles. The second kappa shape index (κ2) is 6.76. The maximum absolute atomic E-state index is 5.80. The lowest BCUT2D eigenvalue weighted by atomic mass is 10.1. The Kier molecular flexibility index (Phi) is 5.02. The van der Waals surface area contributed by atoms with E-state index in [1.54, 1.807) is 0 Å². The van der Waals surface area contributed by atoms with Gasteiger partial charge in [-0.1, -0.05) is 25.1 Å². The van der Waals surface area contributed by atoms with E-state index in [-0.39, 0.29) is 0 Å². The molecule has 0 spiro atoms. The molecule has 1 heterocycles. The summed E-state index contributed by atoms with van der Waals surface area (Å²) in [6.07, 6.45) is 1.19. The van der Waals surface area contributed by atoms with E-state index in [4.69, 9.17) is 4.74 Å². The van der Waals surface area contributed by atoms with Crippen LogP contribution in [0.15, 0.2) is 24.3 Å². The maximum Gasteiger partial charge on any atom is 0.123 e. The second-order valence-electron chi connectivity index (χ2n) is 4.92. The molecule has 0 aromatic heterocycles. The molecule has 3 nitrogen and oxygen atoms in total. The molecule has 1 aromatic rings. The molecule has 18 heavy (non-hydrogen) atoms. The van der Waals surface area contributed by atoms with Gasteiger partial charge in [0.15, 0.2) is 0 Å². The fraction of sp³-hybridized carbons (Fsp3) is 0.600. The molecule has 1 aliphatic rings. The number of rotatable bonds is 5. The van der Waals surface area contributed by atoms with Gasteiger partial charge in [0.2, 0.25) is 0 Å². The monoisotopic (exact) mass is 248 g/mol. The van der Waals surface area contributed by atoms with Gasteiger partial charge in [-0.05, 0) is 32.5 Å². The van der Waals surface area contributed by atoms with E-state index in [1.165, 1.54) is 12.0 Å². The van der Waals surface area contributed by atoms with Crippen LogP contribution in [0.5, 0.6) is 5.75 Å². The molecule has 1 aliphatic heterocycles. The van der Waals surface area contributed by atoms with E-state index in [2.05, 4.69) is 42.3 Å². The summed E-state index contributed by atoms with van der Waals surface area (Å²) in [4.78, 5) is 2.52. The fourth-order valence-corrected chi connectivity index (χ4v) is 2.39. The highest BCUT2D eigenvalue weighted by Crippen LogP contribution is 2.23. The normalized spacial score (nSPS) is 17.7. The minimum atomic E-state index is 0.596. The van der Waals surface area contributed by atoms with Crippen molar-refractivity contribution in [1.82, 2.24) is 10.2 Å². The molecular formula is C15H24N2O. The van der Waals surface area contributed by atoms with Gasteiger partial charge in [-0.3, -0.25) is 4.90 Å². The molecule has 1 atom stereocenters. The van der Waals surface area contributed by atoms with Crippen LogP contribution < -0.4 is 10.1 Å². The molecule has 0 bridgehead atoms. The van der Waals surface area contributed by atoms with Crippen molar-refractivity contribution in [3.05, 3.63) is 29.8 Å². The van der Waals surface area contributed by atoms with Crippen LogP contribution in [0.2, 0.25) is 0 Å². The first-order valence-corrected chi connectivity index (χ1v) is 6.96. The summed E-state index contributed by atoms with van der Waals surface area (Å²) < 4.78 is 5.80. The Morgan fingerprint density at radius 1 is 1.39 bits per heavy atom. The van der Waals surface area contributed by atoms with E-state index < -0.39 is 0 Å². The topological polar surface area (TPSA) is 24.5 Å². The van der Waals surface area contributed by atoms with Gasteiger partial charge in [0.25, 0.3) is 0 Å². The van der Waals surface area contributed by atoms with Gasteiger partial charge in [-0.2, -0.15) is 0 Å². The van der Waals surface area contributed by atoms with Gasteiger partial charge in [0.1, 0.15) is 12.4 Å². The molecular weight excluding hydrogens is 224 g/mol. The average molecular weight is 248 g/mol. The number of nitrogens with zero attached hydrogens (tertiary/aromatic N) is 1. The zero-order valence-electron chi connectivity index (χ0n) is 11.5. The van der Waals surface area contributed by atoms with Crippen molar-refractivity contribution in [3.8, 4) is 5.75 Å². The zero-order chi connectivity index (χ0) is 12.8. The van der Waals surface area contributed by atoms with Crippen molar-refractivity contribution in [2.45, 2.75) is 32.9 Å². The second-order valence-corrected chi connectivity index (χ2v) is 4.92. The lowest BCUT2D eigenvalue weighted by Crippen LogP contribution is -2.36. The van der Waals surface area contributed by atoms with Crippen LogP contribution in [0.25, 0.3) is 0 Å². The molecule has 1 N–H and O–H groups in total. The van der Waals surface area contributed by atoms with Crippen LogP contribution in [0, 0.1) is 0 Å². The SMILES string of the molecule is CCNCCC(C)N1CCOc2ccccc2C1. The van der Waals surface area contributed by atoms with Gasteiger partial charge in [-0.25, -0.2) is 0 Å². The Labute approximate surface area is 110 Å². The minimum Gasteiger partial charge on any atom is -0.492 e. The number of hydrogen-bond donors (Lipinski definition) is 1. The van der Waals surface area contributed by atoms with E-state index in [9.17, 15) is 0 Å². The van der Waals surface area contributed by atoms with Crippen molar-refractivity contribution in [1.29, 1.82) is 0 Å². The van der Waals surface area contributed by atoms with Crippen molar-refractivity contribution in [2.24, 2.45) is 0 Å². The molecule has 2 rings (SSSR count). The molecule has 100 valence electrons. The summed E-state index contributed by atoms with van der Waals surface area (Å²) in [5, 5.41) is 3.40. The van der Waals surface area contributed by atoms with Crippen LogP contribution in [-0.2, 0) is 6.54 Å². The Hall–Kier alpha value is -1.06. The highest BCUT2D eigenvalue weighted by atomic mass is 16.5. The molecule has 0 saturated carbocycles. The Balaban J connectivity index is 1.94. The number of para-hydroxylation sites is 1. The van der Waals surface area contributed by atoms with Crippen LogP contribution >= 0.6 is 0 Å². The Morgan fingerprint density at radius 2 is 2.22 bits per heavy atom. The van der Waals surface area contributed by atoms with Crippen molar-refractivity contribution in [2.75, 3.05) is 26.2 Å². The average Bonchev–Trinajstić information content (AvgIpc) is 2.61. The van der Waals surface area contributed by atoms with Crippen LogP contribution in [0.1, 0.15) is 25.8 Å². The van der Waals surface area contributed by atoms with Gasteiger partial charge < -0.3 is 10.1 Å². The summed E-state index contributed by atoms with van der Waals surface area (Å²) in [6, 6.07) is 8.98. The summed E-state index contributed by atoms with van der Waals surface area (Å²) in [5.41, 5.74) is 1.31. The molecule has 1 unspecified atom stereocenters. The zero-order valence-corrected chi connectivity index (χ0v) is 11.5. The number of nitrogens with one attached hydrogen (secondary N) is 1. The maximum atomic E-state index is 5.80. The third-order valence-corrected chi connectivity index (χ3v) is 3.59. The van der Waals surface area contributed by atoms with E-state index in [0.717, 1.165) is 38.5 Å². The predicted molar refractivity (Wildman–Crippen MR) is 75.0 cm³/mol. The summed E-state index contributed by atoms with van der Waals surface area (Å²) in [5.74, 6) is 1.05. The first-order chi connectivity index (χ1) is 8.81. The first kappa shape index (κ1) is 13.4. The molecule has 3 heteroatoms. The molecule has 0 aliphatic carbocycles. The number of hydrogen-bond acceptors (Lipinski definition) is 3. The smallest absolute Gasteiger partial charge is 0.123 e. The molecule has 0 radical (unpaired) electrons. The van der Waals surface area contributed by atoms with Gasteiger partial charge in [0.05, 0.1) is 0 Å². The third-order valence-electron chi connectivity index (χ3n) is 3.59. The largest absolute Gasteiger partial charge is 0.492 e. The first-order valence-electron chi connectivity index (χ1n) is 6.96. The van der Waals surface area contributed by atoms with E-state index in [0.29, 0.717) is 6.04 Å². The number of fused-ring (bicyclic) bond motifs is 1. The minimum absolute atomic E-state index is 0.596. The van der Waals surface area contributed by atoms with Crippen molar-refractivity contribution in [3.63, 3.8) is 0 Å². The summed E-state index contributed by atoms with van der Waals surface area (Å²) >= 11 is 0. The summed E-state index contributed by atoms with van der Waals surface area (Å²) in [6.45, 7) is 9.43. The van der Waals surface area contributed by atoms with Crippen LogP contribution in [0.3, 0.4) is 0 Å². The van der Waals surface area contributed by atoms with Crippen LogP contribution in [0.4, 0.5) is 0 Å². The van der Waals surface area contributed by atoms with Gasteiger partial charge >= 0.3 is 0 Å². The Morgan fingerprint density at radius 3 is 3.06 bits per heavy atom. The van der Waals surface area contributed by atoms with E-state index >= 15 is 0 Å². The highest BCUT2D eigenvalue weighted by Gasteiger charge is 2.18. The highest BCUT2D eigenvalue weighted by molar-refractivity contribution is 5.33. The quantitative estimate of drug-likeness (QED) is 0.809. The van der Waals surface area contributed by atoms with Crippen LogP contribution in [-0.4, -0.2) is 37.2 Å². The third kappa shape index (κ3) is 3.47.